The molecule has 2 atom stereocenters. The Labute approximate surface area is 128 Å². The van der Waals surface area contributed by atoms with Gasteiger partial charge in [0.25, 0.3) is 0 Å². The summed E-state index contributed by atoms with van der Waals surface area (Å²) in [7, 11) is 0. The lowest BCUT2D eigenvalue weighted by atomic mass is 9.86. The number of nitrogens with one attached hydrogen (secondary N) is 1. The van der Waals surface area contributed by atoms with E-state index in [9.17, 15) is 0 Å². The average Bonchev–Trinajstić information content (AvgIpc) is 2.47. The minimum atomic E-state index is 0.208. The molecule has 0 aliphatic heterocycles. The first-order chi connectivity index (χ1) is 9.88. The average molecular weight is 282 g/mol. The zero-order chi connectivity index (χ0) is 15.5. The van der Waals surface area contributed by atoms with Gasteiger partial charge in [-0.3, -0.25) is 4.98 Å². The Morgan fingerprint density at radius 3 is 1.76 bits per heavy atom. The first kappa shape index (κ1) is 15.7. The predicted molar refractivity (Wildman–Crippen MR) is 89.3 cm³/mol. The van der Waals surface area contributed by atoms with Crippen molar-refractivity contribution in [3.63, 3.8) is 0 Å². The van der Waals surface area contributed by atoms with Crippen LogP contribution in [0.3, 0.4) is 0 Å². The van der Waals surface area contributed by atoms with Gasteiger partial charge in [0.05, 0.1) is 0 Å². The molecular formula is C19H26N2. The van der Waals surface area contributed by atoms with E-state index in [1.165, 1.54) is 16.7 Å². The maximum atomic E-state index is 4.07. The van der Waals surface area contributed by atoms with Crippen LogP contribution in [0.2, 0.25) is 0 Å². The number of rotatable bonds is 4. The normalized spacial score (nSPS) is 14.7. The second-order valence-electron chi connectivity index (χ2n) is 6.76. The van der Waals surface area contributed by atoms with Crippen molar-refractivity contribution in [1.29, 1.82) is 0 Å². The molecule has 21 heavy (non-hydrogen) atoms. The molecular weight excluding hydrogens is 256 g/mol. The fraction of sp³-hybridized carbons (Fsp3) is 0.421. The van der Waals surface area contributed by atoms with Crippen molar-refractivity contribution in [2.75, 3.05) is 0 Å². The predicted octanol–water partition coefficient (Wildman–Crippen LogP) is 4.79. The van der Waals surface area contributed by atoms with E-state index in [2.05, 4.69) is 81.3 Å². The molecule has 2 aromatic rings. The van der Waals surface area contributed by atoms with Crippen molar-refractivity contribution in [2.45, 2.75) is 52.1 Å². The molecule has 0 aliphatic rings. The van der Waals surface area contributed by atoms with Crippen molar-refractivity contribution in [3.05, 3.63) is 65.5 Å². The number of hydrogen-bond donors (Lipinski definition) is 1. The summed E-state index contributed by atoms with van der Waals surface area (Å²) >= 11 is 0. The van der Waals surface area contributed by atoms with Crippen LogP contribution in [0.25, 0.3) is 0 Å². The Balaban J connectivity index is 2.05. The minimum Gasteiger partial charge on any atom is -0.304 e. The molecule has 2 rings (SSSR count). The standard InChI is InChI=1S/C19H26N2/c1-14(21-15(2)17-10-12-20-13-11-17)16-6-8-18(9-7-16)19(3,4)5/h6-15,21H,1-5H3/t14?,15-/m1/s1. The van der Waals surface area contributed by atoms with Crippen LogP contribution in [-0.2, 0) is 5.41 Å². The van der Waals surface area contributed by atoms with Crippen molar-refractivity contribution < 1.29 is 0 Å². The lowest BCUT2D eigenvalue weighted by Gasteiger charge is -2.23. The first-order valence-corrected chi connectivity index (χ1v) is 7.64. The Morgan fingerprint density at radius 1 is 0.810 bits per heavy atom. The number of benzene rings is 1. The maximum Gasteiger partial charge on any atom is 0.0298 e. The van der Waals surface area contributed by atoms with Gasteiger partial charge in [0, 0.05) is 24.5 Å². The highest BCUT2D eigenvalue weighted by Gasteiger charge is 2.15. The third-order valence-electron chi connectivity index (χ3n) is 3.98. The minimum absolute atomic E-state index is 0.208. The number of hydrogen-bond acceptors (Lipinski definition) is 2. The van der Waals surface area contributed by atoms with E-state index in [1.54, 1.807) is 0 Å². The van der Waals surface area contributed by atoms with Gasteiger partial charge in [-0.25, -0.2) is 0 Å². The zero-order valence-electron chi connectivity index (χ0n) is 13.7. The van der Waals surface area contributed by atoms with E-state index in [-0.39, 0.29) is 5.41 Å². The quantitative estimate of drug-likeness (QED) is 0.872. The largest absolute Gasteiger partial charge is 0.304 e. The highest BCUT2D eigenvalue weighted by atomic mass is 14.9. The van der Waals surface area contributed by atoms with Crippen LogP contribution in [0.15, 0.2) is 48.8 Å². The van der Waals surface area contributed by atoms with Gasteiger partial charge in [0.15, 0.2) is 0 Å². The zero-order valence-corrected chi connectivity index (χ0v) is 13.7. The Kier molecular flexibility index (Phi) is 4.79. The van der Waals surface area contributed by atoms with Crippen LogP contribution in [0.5, 0.6) is 0 Å². The lowest BCUT2D eigenvalue weighted by molar-refractivity contribution is 0.494. The smallest absolute Gasteiger partial charge is 0.0298 e. The van der Waals surface area contributed by atoms with Crippen LogP contribution < -0.4 is 5.32 Å². The van der Waals surface area contributed by atoms with Crippen LogP contribution in [0.1, 0.15) is 63.4 Å². The van der Waals surface area contributed by atoms with Gasteiger partial charge in [0.1, 0.15) is 0 Å². The van der Waals surface area contributed by atoms with E-state index >= 15 is 0 Å². The van der Waals surface area contributed by atoms with Gasteiger partial charge in [-0.15, -0.1) is 0 Å². The second-order valence-corrected chi connectivity index (χ2v) is 6.76. The van der Waals surface area contributed by atoms with Crippen molar-refractivity contribution >= 4 is 0 Å². The molecule has 0 aliphatic carbocycles. The van der Waals surface area contributed by atoms with Gasteiger partial charge in [-0.05, 0) is 48.1 Å². The monoisotopic (exact) mass is 282 g/mol. The molecule has 2 heteroatoms. The van der Waals surface area contributed by atoms with Gasteiger partial charge in [-0.1, -0.05) is 45.0 Å². The van der Waals surface area contributed by atoms with Crippen molar-refractivity contribution in [3.8, 4) is 0 Å². The maximum absolute atomic E-state index is 4.07. The molecule has 1 aromatic heterocycles. The highest BCUT2D eigenvalue weighted by molar-refractivity contribution is 5.29. The summed E-state index contributed by atoms with van der Waals surface area (Å²) in [6.45, 7) is 11.1. The topological polar surface area (TPSA) is 24.9 Å². The fourth-order valence-corrected chi connectivity index (χ4v) is 2.49. The molecule has 1 unspecified atom stereocenters. The molecule has 0 amide bonds. The van der Waals surface area contributed by atoms with E-state index in [0.29, 0.717) is 12.1 Å². The van der Waals surface area contributed by atoms with Crippen LogP contribution in [0.4, 0.5) is 0 Å². The van der Waals surface area contributed by atoms with Gasteiger partial charge in [-0.2, -0.15) is 0 Å². The first-order valence-electron chi connectivity index (χ1n) is 7.64. The molecule has 0 saturated carbocycles. The summed E-state index contributed by atoms with van der Waals surface area (Å²) in [4.78, 5) is 4.07. The summed E-state index contributed by atoms with van der Waals surface area (Å²) < 4.78 is 0. The van der Waals surface area contributed by atoms with Gasteiger partial charge >= 0.3 is 0 Å². The third kappa shape index (κ3) is 4.15. The van der Waals surface area contributed by atoms with Crippen molar-refractivity contribution in [1.82, 2.24) is 10.3 Å². The van der Waals surface area contributed by atoms with E-state index in [4.69, 9.17) is 0 Å². The Morgan fingerprint density at radius 2 is 1.29 bits per heavy atom. The molecule has 1 heterocycles. The molecule has 0 spiro atoms. The Hall–Kier alpha value is -1.67. The fourth-order valence-electron chi connectivity index (χ4n) is 2.49. The second kappa shape index (κ2) is 6.40. The van der Waals surface area contributed by atoms with Crippen LogP contribution >= 0.6 is 0 Å². The van der Waals surface area contributed by atoms with E-state index in [1.807, 2.05) is 12.4 Å². The van der Waals surface area contributed by atoms with Crippen molar-refractivity contribution in [2.24, 2.45) is 0 Å². The highest BCUT2D eigenvalue weighted by Crippen LogP contribution is 2.25. The lowest BCUT2D eigenvalue weighted by Crippen LogP contribution is -2.22. The van der Waals surface area contributed by atoms with Crippen LogP contribution in [0, 0.1) is 0 Å². The molecule has 112 valence electrons. The summed E-state index contributed by atoms with van der Waals surface area (Å²) in [6.07, 6.45) is 3.69. The third-order valence-corrected chi connectivity index (χ3v) is 3.98. The summed E-state index contributed by atoms with van der Waals surface area (Å²) in [6, 6.07) is 13.7. The van der Waals surface area contributed by atoms with E-state index in [0.717, 1.165) is 0 Å². The molecule has 0 radical (unpaired) electrons. The summed E-state index contributed by atoms with van der Waals surface area (Å²) in [5, 5.41) is 3.64. The molecule has 0 bridgehead atoms. The Bertz CT molecular complexity index is 552. The van der Waals surface area contributed by atoms with E-state index < -0.39 is 0 Å². The summed E-state index contributed by atoms with van der Waals surface area (Å²) in [5.41, 5.74) is 4.17. The molecule has 1 aromatic carbocycles. The number of aromatic nitrogens is 1. The molecule has 2 nitrogen and oxygen atoms in total. The number of nitrogens with zero attached hydrogens (tertiary/aromatic N) is 1. The molecule has 1 N–H and O–H groups in total. The number of pyridine rings is 1. The molecule has 0 saturated heterocycles. The SMILES string of the molecule is CC(N[C@H](C)c1ccncc1)c1ccc(C(C)(C)C)cc1. The summed E-state index contributed by atoms with van der Waals surface area (Å²) in [5.74, 6) is 0. The van der Waals surface area contributed by atoms with Crippen LogP contribution in [-0.4, -0.2) is 4.98 Å². The molecule has 0 fully saturated rings. The van der Waals surface area contributed by atoms with Gasteiger partial charge < -0.3 is 5.32 Å². The van der Waals surface area contributed by atoms with Gasteiger partial charge in [0.2, 0.25) is 0 Å².